The Balaban J connectivity index is 2.11. The quantitative estimate of drug-likeness (QED) is 0.862. The number of nitrogens with one attached hydrogen (secondary N) is 1. The Kier molecular flexibility index (Phi) is 3.32. The highest BCUT2D eigenvalue weighted by atomic mass is 35.5. The summed E-state index contributed by atoms with van der Waals surface area (Å²) in [6.45, 7) is 0. The summed E-state index contributed by atoms with van der Waals surface area (Å²) in [5, 5.41) is 4.00. The number of hydrogen-bond acceptors (Lipinski definition) is 2. The summed E-state index contributed by atoms with van der Waals surface area (Å²) in [5.41, 5.74) is 2.03. The van der Waals surface area contributed by atoms with E-state index in [1.54, 1.807) is 7.11 Å². The summed E-state index contributed by atoms with van der Waals surface area (Å²) in [5.74, 6) is 0.849. The van der Waals surface area contributed by atoms with Crippen LogP contribution in [0.2, 0.25) is 5.02 Å². The zero-order valence-electron chi connectivity index (χ0n) is 8.91. The van der Waals surface area contributed by atoms with E-state index in [1.165, 1.54) is 0 Å². The second-order valence-electron chi connectivity index (χ2n) is 3.36. The predicted octanol–water partition coefficient (Wildman–Crippen LogP) is 4.09. The summed E-state index contributed by atoms with van der Waals surface area (Å²) in [4.78, 5) is 0. The van der Waals surface area contributed by atoms with Gasteiger partial charge in [0.1, 0.15) is 5.75 Å². The zero-order chi connectivity index (χ0) is 11.4. The molecule has 2 nitrogen and oxygen atoms in total. The Morgan fingerprint density at radius 2 is 1.38 bits per heavy atom. The van der Waals surface area contributed by atoms with Crippen LogP contribution in [0.1, 0.15) is 0 Å². The number of hydrogen-bond donors (Lipinski definition) is 1. The minimum absolute atomic E-state index is 0.736. The summed E-state index contributed by atoms with van der Waals surface area (Å²) in [6.07, 6.45) is 0. The molecular formula is C13H12ClNO. The molecule has 0 bridgehead atoms. The molecule has 0 amide bonds. The van der Waals surface area contributed by atoms with E-state index in [4.69, 9.17) is 16.3 Å². The lowest BCUT2D eigenvalue weighted by Crippen LogP contribution is -1.90. The fourth-order valence-corrected chi connectivity index (χ4v) is 1.50. The van der Waals surface area contributed by atoms with Gasteiger partial charge in [-0.25, -0.2) is 0 Å². The van der Waals surface area contributed by atoms with Crippen LogP contribution in [-0.4, -0.2) is 7.11 Å². The van der Waals surface area contributed by atoms with Crippen molar-refractivity contribution in [1.82, 2.24) is 0 Å². The smallest absolute Gasteiger partial charge is 0.119 e. The molecule has 0 aromatic heterocycles. The molecule has 2 rings (SSSR count). The van der Waals surface area contributed by atoms with E-state index in [0.717, 1.165) is 22.1 Å². The average Bonchev–Trinajstić information content (AvgIpc) is 2.33. The highest BCUT2D eigenvalue weighted by molar-refractivity contribution is 6.30. The van der Waals surface area contributed by atoms with E-state index >= 15 is 0 Å². The van der Waals surface area contributed by atoms with Crippen molar-refractivity contribution < 1.29 is 4.74 Å². The van der Waals surface area contributed by atoms with Crippen molar-refractivity contribution >= 4 is 23.0 Å². The summed E-state index contributed by atoms with van der Waals surface area (Å²) < 4.78 is 5.09. The molecule has 0 spiro atoms. The van der Waals surface area contributed by atoms with Gasteiger partial charge >= 0.3 is 0 Å². The molecule has 0 saturated heterocycles. The van der Waals surface area contributed by atoms with Crippen LogP contribution in [0.25, 0.3) is 0 Å². The Hall–Kier alpha value is -1.67. The van der Waals surface area contributed by atoms with Crippen molar-refractivity contribution in [3.8, 4) is 5.75 Å². The van der Waals surface area contributed by atoms with Gasteiger partial charge in [-0.05, 0) is 48.5 Å². The second kappa shape index (κ2) is 4.90. The van der Waals surface area contributed by atoms with E-state index in [9.17, 15) is 0 Å². The highest BCUT2D eigenvalue weighted by Gasteiger charge is 1.95. The number of anilines is 2. The van der Waals surface area contributed by atoms with Gasteiger partial charge in [-0.15, -0.1) is 0 Å². The average molecular weight is 234 g/mol. The van der Waals surface area contributed by atoms with Crippen LogP contribution in [0, 0.1) is 0 Å². The van der Waals surface area contributed by atoms with Crippen LogP contribution in [0.5, 0.6) is 5.75 Å². The molecule has 2 aromatic rings. The van der Waals surface area contributed by atoms with E-state index in [2.05, 4.69) is 5.32 Å². The van der Waals surface area contributed by atoms with Gasteiger partial charge in [0.25, 0.3) is 0 Å². The Morgan fingerprint density at radius 3 is 1.88 bits per heavy atom. The monoisotopic (exact) mass is 233 g/mol. The van der Waals surface area contributed by atoms with Crippen LogP contribution in [0.15, 0.2) is 48.5 Å². The molecule has 0 unspecified atom stereocenters. The molecule has 0 heterocycles. The summed E-state index contributed by atoms with van der Waals surface area (Å²) in [6, 6.07) is 15.3. The molecule has 0 fully saturated rings. The van der Waals surface area contributed by atoms with Gasteiger partial charge in [-0.3, -0.25) is 0 Å². The topological polar surface area (TPSA) is 21.3 Å². The van der Waals surface area contributed by atoms with Crippen molar-refractivity contribution in [1.29, 1.82) is 0 Å². The van der Waals surface area contributed by atoms with E-state index in [-0.39, 0.29) is 0 Å². The third-order valence-corrected chi connectivity index (χ3v) is 2.47. The molecule has 0 aliphatic heterocycles. The Bertz CT molecular complexity index is 450. The largest absolute Gasteiger partial charge is 0.497 e. The minimum atomic E-state index is 0.736. The van der Waals surface area contributed by atoms with Gasteiger partial charge < -0.3 is 10.1 Å². The summed E-state index contributed by atoms with van der Waals surface area (Å²) in [7, 11) is 1.65. The Morgan fingerprint density at radius 1 is 0.875 bits per heavy atom. The molecular weight excluding hydrogens is 222 g/mol. The molecule has 0 saturated carbocycles. The first-order valence-electron chi connectivity index (χ1n) is 4.94. The van der Waals surface area contributed by atoms with Crippen molar-refractivity contribution in [2.24, 2.45) is 0 Å². The molecule has 16 heavy (non-hydrogen) atoms. The van der Waals surface area contributed by atoms with Crippen LogP contribution < -0.4 is 10.1 Å². The molecule has 3 heteroatoms. The standard InChI is InChI=1S/C13H12ClNO/c1-16-13-8-6-12(7-9-13)15-11-4-2-10(14)3-5-11/h2-9,15H,1H3. The van der Waals surface area contributed by atoms with Gasteiger partial charge in [0.15, 0.2) is 0 Å². The first kappa shape index (κ1) is 10.8. The van der Waals surface area contributed by atoms with E-state index in [0.29, 0.717) is 0 Å². The molecule has 0 aliphatic rings. The third kappa shape index (κ3) is 2.67. The second-order valence-corrected chi connectivity index (χ2v) is 3.80. The van der Waals surface area contributed by atoms with Crippen molar-refractivity contribution in [2.75, 3.05) is 12.4 Å². The van der Waals surface area contributed by atoms with Gasteiger partial charge in [0, 0.05) is 16.4 Å². The zero-order valence-corrected chi connectivity index (χ0v) is 9.66. The Labute approximate surface area is 99.8 Å². The van der Waals surface area contributed by atoms with Gasteiger partial charge in [-0.2, -0.15) is 0 Å². The molecule has 1 N–H and O–H groups in total. The fourth-order valence-electron chi connectivity index (χ4n) is 1.37. The first-order chi connectivity index (χ1) is 7.78. The lowest BCUT2D eigenvalue weighted by atomic mass is 10.2. The minimum Gasteiger partial charge on any atom is -0.497 e. The number of ether oxygens (including phenoxy) is 1. The molecule has 0 aliphatic carbocycles. The van der Waals surface area contributed by atoms with Crippen molar-refractivity contribution in [3.63, 3.8) is 0 Å². The van der Waals surface area contributed by atoms with Crippen LogP contribution >= 0.6 is 11.6 Å². The lowest BCUT2D eigenvalue weighted by molar-refractivity contribution is 0.415. The normalized spacial score (nSPS) is 9.88. The van der Waals surface area contributed by atoms with Crippen LogP contribution in [0.4, 0.5) is 11.4 Å². The summed E-state index contributed by atoms with van der Waals surface area (Å²) >= 11 is 5.81. The fraction of sp³-hybridized carbons (Fsp3) is 0.0769. The van der Waals surface area contributed by atoms with Crippen molar-refractivity contribution in [2.45, 2.75) is 0 Å². The van der Waals surface area contributed by atoms with Gasteiger partial charge in [0.2, 0.25) is 0 Å². The highest BCUT2D eigenvalue weighted by Crippen LogP contribution is 2.21. The van der Waals surface area contributed by atoms with Gasteiger partial charge in [-0.1, -0.05) is 11.6 Å². The van der Waals surface area contributed by atoms with E-state index < -0.39 is 0 Å². The van der Waals surface area contributed by atoms with Gasteiger partial charge in [0.05, 0.1) is 7.11 Å². The molecule has 2 aromatic carbocycles. The van der Waals surface area contributed by atoms with Crippen LogP contribution in [-0.2, 0) is 0 Å². The number of methoxy groups -OCH3 is 1. The molecule has 0 radical (unpaired) electrons. The lowest BCUT2D eigenvalue weighted by Gasteiger charge is -2.07. The maximum Gasteiger partial charge on any atom is 0.119 e. The molecule has 82 valence electrons. The third-order valence-electron chi connectivity index (χ3n) is 2.22. The predicted molar refractivity (Wildman–Crippen MR) is 67.7 cm³/mol. The number of benzene rings is 2. The number of rotatable bonds is 3. The van der Waals surface area contributed by atoms with Crippen molar-refractivity contribution in [3.05, 3.63) is 53.6 Å². The van der Waals surface area contributed by atoms with E-state index in [1.807, 2.05) is 48.5 Å². The first-order valence-corrected chi connectivity index (χ1v) is 5.32. The maximum atomic E-state index is 5.81. The molecule has 0 atom stereocenters. The maximum absolute atomic E-state index is 5.81. The number of halogens is 1. The SMILES string of the molecule is COc1ccc(Nc2ccc(Cl)cc2)cc1. The van der Waals surface area contributed by atoms with Crippen LogP contribution in [0.3, 0.4) is 0 Å².